The molecule has 1 rings (SSSR count). The summed E-state index contributed by atoms with van der Waals surface area (Å²) in [5.41, 5.74) is 6.12. The van der Waals surface area contributed by atoms with Crippen LogP contribution in [0.15, 0.2) is 18.2 Å². The van der Waals surface area contributed by atoms with E-state index in [0.29, 0.717) is 17.1 Å². The first-order valence-electron chi connectivity index (χ1n) is 4.89. The Kier molecular flexibility index (Phi) is 4.65. The predicted octanol–water partition coefficient (Wildman–Crippen LogP) is 1.09. The SMILES string of the molecule is COc1ccc(OC)c(C(S)C(N)C(=O)O)c1. The molecular formula is C11H15NO4S. The molecule has 0 heterocycles. The summed E-state index contributed by atoms with van der Waals surface area (Å²) in [6, 6.07) is 3.96. The molecule has 0 spiro atoms. The van der Waals surface area contributed by atoms with E-state index in [4.69, 9.17) is 20.3 Å². The number of aliphatic carboxylic acids is 1. The highest BCUT2D eigenvalue weighted by molar-refractivity contribution is 7.80. The molecule has 2 atom stereocenters. The molecule has 0 radical (unpaired) electrons. The van der Waals surface area contributed by atoms with E-state index in [1.54, 1.807) is 18.2 Å². The zero-order chi connectivity index (χ0) is 13.0. The largest absolute Gasteiger partial charge is 0.497 e. The van der Waals surface area contributed by atoms with E-state index in [1.807, 2.05) is 0 Å². The summed E-state index contributed by atoms with van der Waals surface area (Å²) in [5.74, 6) is 0.00908. The summed E-state index contributed by atoms with van der Waals surface area (Å²) in [6.07, 6.45) is 0. The van der Waals surface area contributed by atoms with E-state index in [1.165, 1.54) is 14.2 Å². The maximum Gasteiger partial charge on any atom is 0.321 e. The number of thiol groups is 1. The Labute approximate surface area is 105 Å². The monoisotopic (exact) mass is 257 g/mol. The van der Waals surface area contributed by atoms with Crippen molar-refractivity contribution in [3.05, 3.63) is 23.8 Å². The van der Waals surface area contributed by atoms with Gasteiger partial charge in [-0.2, -0.15) is 12.6 Å². The van der Waals surface area contributed by atoms with Crippen molar-refractivity contribution in [3.63, 3.8) is 0 Å². The molecule has 0 saturated heterocycles. The lowest BCUT2D eigenvalue weighted by atomic mass is 10.0. The molecule has 0 aromatic heterocycles. The first-order valence-corrected chi connectivity index (χ1v) is 5.41. The van der Waals surface area contributed by atoms with Crippen LogP contribution in [0.3, 0.4) is 0 Å². The minimum atomic E-state index is -1.12. The minimum Gasteiger partial charge on any atom is -0.497 e. The van der Waals surface area contributed by atoms with Gasteiger partial charge >= 0.3 is 5.97 Å². The number of hydrogen-bond acceptors (Lipinski definition) is 5. The second-order valence-electron chi connectivity index (χ2n) is 3.42. The number of nitrogens with two attached hydrogens (primary N) is 1. The van der Waals surface area contributed by atoms with Crippen LogP contribution in [0.25, 0.3) is 0 Å². The maximum absolute atomic E-state index is 10.8. The second-order valence-corrected chi connectivity index (χ2v) is 3.97. The standard InChI is InChI=1S/C11H15NO4S/c1-15-6-3-4-8(16-2)7(5-6)10(17)9(12)11(13)14/h3-5,9-10,17H,12H2,1-2H3,(H,13,14). The third-order valence-electron chi connectivity index (χ3n) is 2.38. The van der Waals surface area contributed by atoms with Gasteiger partial charge in [-0.15, -0.1) is 0 Å². The van der Waals surface area contributed by atoms with Crippen LogP contribution in [0.2, 0.25) is 0 Å². The molecule has 0 fully saturated rings. The van der Waals surface area contributed by atoms with E-state index in [2.05, 4.69) is 12.6 Å². The Balaban J connectivity index is 3.13. The molecule has 1 aromatic carbocycles. The first-order chi connectivity index (χ1) is 8.01. The minimum absolute atomic E-state index is 0.530. The van der Waals surface area contributed by atoms with Gasteiger partial charge in [0.25, 0.3) is 0 Å². The van der Waals surface area contributed by atoms with Crippen molar-refractivity contribution in [1.29, 1.82) is 0 Å². The quantitative estimate of drug-likeness (QED) is 0.688. The number of benzene rings is 1. The summed E-state index contributed by atoms with van der Waals surface area (Å²) in [5, 5.41) is 8.19. The first kappa shape index (κ1) is 13.7. The lowest BCUT2D eigenvalue weighted by Crippen LogP contribution is -2.34. The van der Waals surface area contributed by atoms with Gasteiger partial charge in [-0.25, -0.2) is 0 Å². The third-order valence-corrected chi connectivity index (χ3v) is 2.98. The molecule has 1 aromatic rings. The molecule has 0 aliphatic heterocycles. The molecule has 0 saturated carbocycles. The molecule has 0 aliphatic carbocycles. The average Bonchev–Trinajstić information content (AvgIpc) is 2.35. The van der Waals surface area contributed by atoms with Crippen molar-refractivity contribution >= 4 is 18.6 Å². The molecule has 0 bridgehead atoms. The van der Waals surface area contributed by atoms with Gasteiger partial charge in [0.05, 0.1) is 19.5 Å². The topological polar surface area (TPSA) is 81.8 Å². The average molecular weight is 257 g/mol. The zero-order valence-corrected chi connectivity index (χ0v) is 10.5. The van der Waals surface area contributed by atoms with Crippen molar-refractivity contribution < 1.29 is 19.4 Å². The Morgan fingerprint density at radius 3 is 2.53 bits per heavy atom. The van der Waals surface area contributed by atoms with Crippen LogP contribution < -0.4 is 15.2 Å². The fourth-order valence-corrected chi connectivity index (χ4v) is 1.73. The second kappa shape index (κ2) is 5.79. The van der Waals surface area contributed by atoms with E-state index < -0.39 is 17.3 Å². The zero-order valence-electron chi connectivity index (χ0n) is 9.58. The Morgan fingerprint density at radius 1 is 1.41 bits per heavy atom. The van der Waals surface area contributed by atoms with Crippen LogP contribution in [-0.2, 0) is 4.79 Å². The molecule has 0 amide bonds. The van der Waals surface area contributed by atoms with Crippen molar-refractivity contribution in [1.82, 2.24) is 0 Å². The third kappa shape index (κ3) is 3.04. The number of ether oxygens (including phenoxy) is 2. The van der Waals surface area contributed by atoms with E-state index in [-0.39, 0.29) is 0 Å². The molecular weight excluding hydrogens is 242 g/mol. The van der Waals surface area contributed by atoms with Gasteiger partial charge in [0.1, 0.15) is 17.5 Å². The summed E-state index contributed by atoms with van der Waals surface area (Å²) in [7, 11) is 3.02. The highest BCUT2D eigenvalue weighted by Crippen LogP contribution is 2.34. The molecule has 94 valence electrons. The highest BCUT2D eigenvalue weighted by atomic mass is 32.1. The molecule has 17 heavy (non-hydrogen) atoms. The van der Waals surface area contributed by atoms with Crippen molar-refractivity contribution in [2.75, 3.05) is 14.2 Å². The van der Waals surface area contributed by atoms with Crippen LogP contribution in [0.5, 0.6) is 11.5 Å². The van der Waals surface area contributed by atoms with Crippen LogP contribution in [0.1, 0.15) is 10.8 Å². The fourth-order valence-electron chi connectivity index (χ4n) is 1.40. The summed E-state index contributed by atoms with van der Waals surface area (Å²) >= 11 is 4.22. The maximum atomic E-state index is 10.8. The number of rotatable bonds is 5. The van der Waals surface area contributed by atoms with Gasteiger partial charge in [-0.3, -0.25) is 4.79 Å². The lowest BCUT2D eigenvalue weighted by Gasteiger charge is -2.19. The van der Waals surface area contributed by atoms with E-state index >= 15 is 0 Å². The molecule has 5 nitrogen and oxygen atoms in total. The van der Waals surface area contributed by atoms with Gasteiger partial charge in [-0.1, -0.05) is 0 Å². The van der Waals surface area contributed by atoms with Gasteiger partial charge < -0.3 is 20.3 Å². The number of hydrogen-bond donors (Lipinski definition) is 3. The fraction of sp³-hybridized carbons (Fsp3) is 0.364. The van der Waals surface area contributed by atoms with Gasteiger partial charge in [0.2, 0.25) is 0 Å². The van der Waals surface area contributed by atoms with Crippen LogP contribution >= 0.6 is 12.6 Å². The number of carboxylic acid groups (broad SMARTS) is 1. The van der Waals surface area contributed by atoms with Crippen LogP contribution in [-0.4, -0.2) is 31.3 Å². The van der Waals surface area contributed by atoms with Crippen LogP contribution in [0.4, 0.5) is 0 Å². The molecule has 3 N–H and O–H groups in total. The number of carboxylic acids is 1. The molecule has 6 heteroatoms. The van der Waals surface area contributed by atoms with Gasteiger partial charge in [-0.05, 0) is 18.2 Å². The van der Waals surface area contributed by atoms with E-state index in [0.717, 1.165) is 0 Å². The van der Waals surface area contributed by atoms with Gasteiger partial charge in [0.15, 0.2) is 0 Å². The van der Waals surface area contributed by atoms with Crippen molar-refractivity contribution in [2.24, 2.45) is 5.73 Å². The van der Waals surface area contributed by atoms with Crippen molar-refractivity contribution in [3.8, 4) is 11.5 Å². The predicted molar refractivity (Wildman–Crippen MR) is 66.9 cm³/mol. The highest BCUT2D eigenvalue weighted by Gasteiger charge is 2.25. The molecule has 0 aliphatic rings. The normalized spacial score (nSPS) is 13.9. The lowest BCUT2D eigenvalue weighted by molar-refractivity contribution is -0.138. The summed E-state index contributed by atoms with van der Waals surface area (Å²) < 4.78 is 10.2. The summed E-state index contributed by atoms with van der Waals surface area (Å²) in [6.45, 7) is 0. The smallest absolute Gasteiger partial charge is 0.321 e. The van der Waals surface area contributed by atoms with Crippen molar-refractivity contribution in [2.45, 2.75) is 11.3 Å². The van der Waals surface area contributed by atoms with E-state index in [9.17, 15) is 4.79 Å². The number of methoxy groups -OCH3 is 2. The molecule has 2 unspecified atom stereocenters. The van der Waals surface area contributed by atoms with Crippen LogP contribution in [0, 0.1) is 0 Å². The Bertz CT molecular complexity index is 410. The summed E-state index contributed by atoms with van der Waals surface area (Å²) in [4.78, 5) is 10.8. The Morgan fingerprint density at radius 2 is 2.06 bits per heavy atom. The van der Waals surface area contributed by atoms with Gasteiger partial charge in [0, 0.05) is 5.56 Å². The number of carbonyl (C=O) groups is 1. The Hall–Kier alpha value is -1.40.